The molecule has 2 aliphatic heterocycles. The van der Waals surface area contributed by atoms with Crippen molar-refractivity contribution in [3.05, 3.63) is 71.3 Å². The van der Waals surface area contributed by atoms with Crippen molar-refractivity contribution in [2.45, 2.75) is 45.6 Å². The van der Waals surface area contributed by atoms with E-state index in [0.29, 0.717) is 5.91 Å². The predicted molar refractivity (Wildman–Crippen MR) is 114 cm³/mol. The average Bonchev–Trinajstić information content (AvgIpc) is 3.02. The van der Waals surface area contributed by atoms with E-state index >= 15 is 0 Å². The Morgan fingerprint density at radius 3 is 2.25 bits per heavy atom. The Morgan fingerprint density at radius 2 is 1.54 bits per heavy atom. The molecule has 2 saturated heterocycles. The summed E-state index contributed by atoms with van der Waals surface area (Å²) in [7, 11) is 0. The molecule has 0 radical (unpaired) electrons. The molecule has 2 heterocycles. The van der Waals surface area contributed by atoms with Crippen LogP contribution >= 0.6 is 0 Å². The van der Waals surface area contributed by atoms with Crippen LogP contribution in [-0.2, 0) is 17.8 Å². The molecule has 1 amide bonds. The molecule has 2 fully saturated rings. The van der Waals surface area contributed by atoms with Gasteiger partial charge in [0.1, 0.15) is 0 Å². The van der Waals surface area contributed by atoms with Crippen molar-refractivity contribution in [2.24, 2.45) is 5.41 Å². The summed E-state index contributed by atoms with van der Waals surface area (Å²) in [5.74, 6) is 0.400. The van der Waals surface area contributed by atoms with Crippen molar-refractivity contribution in [3.63, 3.8) is 0 Å². The van der Waals surface area contributed by atoms with Gasteiger partial charge in [-0.1, -0.05) is 60.2 Å². The molecule has 0 bridgehead atoms. The van der Waals surface area contributed by atoms with E-state index in [2.05, 4.69) is 71.3 Å². The molecule has 0 aromatic heterocycles. The van der Waals surface area contributed by atoms with Crippen LogP contribution in [0.25, 0.3) is 0 Å². The van der Waals surface area contributed by atoms with Gasteiger partial charge in [0, 0.05) is 13.1 Å². The number of amides is 1. The van der Waals surface area contributed by atoms with Crippen LogP contribution in [0.5, 0.6) is 0 Å². The second-order valence-electron chi connectivity index (χ2n) is 8.67. The zero-order valence-electron chi connectivity index (χ0n) is 17.1. The van der Waals surface area contributed by atoms with Gasteiger partial charge >= 0.3 is 0 Å². The van der Waals surface area contributed by atoms with Crippen LogP contribution in [-0.4, -0.2) is 41.9 Å². The molecule has 0 unspecified atom stereocenters. The fourth-order valence-corrected chi connectivity index (χ4v) is 4.78. The van der Waals surface area contributed by atoms with E-state index < -0.39 is 0 Å². The maximum Gasteiger partial charge on any atom is 0.229 e. The highest BCUT2D eigenvalue weighted by molar-refractivity contribution is 5.85. The van der Waals surface area contributed by atoms with Gasteiger partial charge in [-0.05, 0) is 69.8 Å². The number of rotatable bonds is 6. The van der Waals surface area contributed by atoms with E-state index in [1.54, 1.807) is 0 Å². The third-order valence-electron chi connectivity index (χ3n) is 6.69. The number of hydrogen-bond donors (Lipinski definition) is 0. The molecule has 0 N–H and O–H groups in total. The first-order chi connectivity index (χ1) is 13.6. The van der Waals surface area contributed by atoms with Gasteiger partial charge in [-0.3, -0.25) is 4.79 Å². The lowest BCUT2D eigenvalue weighted by atomic mass is 9.77. The van der Waals surface area contributed by atoms with Crippen LogP contribution in [0.3, 0.4) is 0 Å². The minimum Gasteiger partial charge on any atom is -0.338 e. The van der Waals surface area contributed by atoms with Crippen LogP contribution in [0.1, 0.15) is 42.4 Å². The smallest absolute Gasteiger partial charge is 0.229 e. The summed E-state index contributed by atoms with van der Waals surface area (Å²) in [5.41, 5.74) is 3.86. The Bertz CT molecular complexity index is 776. The molecule has 3 heteroatoms. The Hall–Kier alpha value is -2.13. The third kappa shape index (κ3) is 4.30. The van der Waals surface area contributed by atoms with Gasteiger partial charge in [-0.15, -0.1) is 0 Å². The summed E-state index contributed by atoms with van der Waals surface area (Å²) < 4.78 is 0. The fraction of sp³-hybridized carbons (Fsp3) is 0.480. The van der Waals surface area contributed by atoms with Gasteiger partial charge in [0.05, 0.1) is 5.41 Å². The SMILES string of the molecule is Cc1ccc(CN2CCC3(CCN(CCCc4ccccc4)CC3)C2=O)cc1. The number of benzene rings is 2. The van der Waals surface area contributed by atoms with Gasteiger partial charge in [0.15, 0.2) is 0 Å². The topological polar surface area (TPSA) is 23.6 Å². The van der Waals surface area contributed by atoms with Crippen molar-refractivity contribution in [1.29, 1.82) is 0 Å². The molecule has 3 nitrogen and oxygen atoms in total. The highest BCUT2D eigenvalue weighted by atomic mass is 16.2. The zero-order valence-corrected chi connectivity index (χ0v) is 17.1. The molecule has 148 valence electrons. The summed E-state index contributed by atoms with van der Waals surface area (Å²) in [5, 5.41) is 0. The summed E-state index contributed by atoms with van der Waals surface area (Å²) in [6.45, 7) is 7.07. The van der Waals surface area contributed by atoms with E-state index in [4.69, 9.17) is 0 Å². The average molecular weight is 377 g/mol. The number of carbonyl (C=O) groups excluding carboxylic acids is 1. The van der Waals surface area contributed by atoms with Gasteiger partial charge in [-0.2, -0.15) is 0 Å². The molecular weight excluding hydrogens is 344 g/mol. The number of carbonyl (C=O) groups is 1. The summed E-state index contributed by atoms with van der Waals surface area (Å²) in [6, 6.07) is 19.3. The van der Waals surface area contributed by atoms with Crippen molar-refractivity contribution in [1.82, 2.24) is 9.80 Å². The number of aryl methyl sites for hydroxylation is 2. The Labute approximate surface area is 169 Å². The molecule has 2 aromatic rings. The first-order valence-electron chi connectivity index (χ1n) is 10.8. The molecule has 4 rings (SSSR count). The largest absolute Gasteiger partial charge is 0.338 e. The first-order valence-corrected chi connectivity index (χ1v) is 10.8. The van der Waals surface area contributed by atoms with Gasteiger partial charge in [-0.25, -0.2) is 0 Å². The van der Waals surface area contributed by atoms with E-state index in [9.17, 15) is 4.79 Å². The molecular formula is C25H32N2O. The zero-order chi connectivity index (χ0) is 19.4. The molecule has 0 atom stereocenters. The normalized spacial score (nSPS) is 19.5. The molecule has 28 heavy (non-hydrogen) atoms. The van der Waals surface area contributed by atoms with Crippen LogP contribution in [0, 0.1) is 12.3 Å². The minimum atomic E-state index is -0.0827. The number of hydrogen-bond acceptors (Lipinski definition) is 2. The third-order valence-corrected chi connectivity index (χ3v) is 6.69. The van der Waals surface area contributed by atoms with Crippen LogP contribution < -0.4 is 0 Å². The van der Waals surface area contributed by atoms with Crippen LogP contribution in [0.2, 0.25) is 0 Å². The summed E-state index contributed by atoms with van der Waals surface area (Å²) in [4.78, 5) is 17.8. The Balaban J connectivity index is 1.25. The molecule has 2 aromatic carbocycles. The highest BCUT2D eigenvalue weighted by Crippen LogP contribution is 2.42. The summed E-state index contributed by atoms with van der Waals surface area (Å²) >= 11 is 0. The van der Waals surface area contributed by atoms with Crippen molar-refractivity contribution >= 4 is 5.91 Å². The van der Waals surface area contributed by atoms with Crippen molar-refractivity contribution < 1.29 is 4.79 Å². The molecule has 2 aliphatic rings. The Morgan fingerprint density at radius 1 is 0.857 bits per heavy atom. The maximum atomic E-state index is 13.2. The summed E-state index contributed by atoms with van der Waals surface area (Å²) in [6.07, 6.45) is 5.44. The van der Waals surface area contributed by atoms with E-state index in [0.717, 1.165) is 58.4 Å². The lowest BCUT2D eigenvalue weighted by Gasteiger charge is -2.38. The standard InChI is InChI=1S/C25H32N2O/c1-21-9-11-23(12-10-21)20-27-19-15-25(24(27)28)13-17-26(18-14-25)16-5-8-22-6-3-2-4-7-22/h2-4,6-7,9-12H,5,8,13-20H2,1H3. The van der Waals surface area contributed by atoms with Gasteiger partial charge in [0.2, 0.25) is 5.91 Å². The molecule has 1 spiro atoms. The highest BCUT2D eigenvalue weighted by Gasteiger charge is 2.47. The predicted octanol–water partition coefficient (Wildman–Crippen LogP) is 4.44. The lowest BCUT2D eigenvalue weighted by molar-refractivity contribution is -0.138. The fourth-order valence-electron chi connectivity index (χ4n) is 4.78. The van der Waals surface area contributed by atoms with E-state index in [-0.39, 0.29) is 5.41 Å². The number of likely N-dealkylation sites (tertiary alicyclic amines) is 2. The number of nitrogens with zero attached hydrogens (tertiary/aromatic N) is 2. The second-order valence-corrected chi connectivity index (χ2v) is 8.67. The van der Waals surface area contributed by atoms with Crippen molar-refractivity contribution in [2.75, 3.05) is 26.2 Å². The molecule has 0 saturated carbocycles. The Kier molecular flexibility index (Phi) is 5.82. The quantitative estimate of drug-likeness (QED) is 0.744. The van der Waals surface area contributed by atoms with Crippen LogP contribution in [0.4, 0.5) is 0 Å². The monoisotopic (exact) mass is 376 g/mol. The second kappa shape index (κ2) is 8.48. The van der Waals surface area contributed by atoms with Gasteiger partial charge < -0.3 is 9.80 Å². The molecule has 0 aliphatic carbocycles. The maximum absolute atomic E-state index is 13.2. The minimum absolute atomic E-state index is 0.0827. The van der Waals surface area contributed by atoms with E-state index in [1.165, 1.54) is 23.1 Å². The van der Waals surface area contributed by atoms with Crippen molar-refractivity contribution in [3.8, 4) is 0 Å². The van der Waals surface area contributed by atoms with Crippen LogP contribution in [0.15, 0.2) is 54.6 Å². The van der Waals surface area contributed by atoms with E-state index in [1.807, 2.05) is 0 Å². The number of piperidine rings is 1. The van der Waals surface area contributed by atoms with Gasteiger partial charge in [0.25, 0.3) is 0 Å². The lowest BCUT2D eigenvalue weighted by Crippen LogP contribution is -2.44. The first kappa shape index (κ1) is 19.2.